The number of carbonyl (C=O) groups excluding carboxylic acids is 1. The molecule has 0 bridgehead atoms. The number of carboxylic acid groups (broad SMARTS) is 1. The van der Waals surface area contributed by atoms with Crippen LogP contribution in [0.3, 0.4) is 0 Å². The highest BCUT2D eigenvalue weighted by Crippen LogP contribution is 2.28. The van der Waals surface area contributed by atoms with Crippen molar-refractivity contribution in [2.45, 2.75) is 32.6 Å². The van der Waals surface area contributed by atoms with Gasteiger partial charge in [-0.3, -0.25) is 9.59 Å². The summed E-state index contributed by atoms with van der Waals surface area (Å²) >= 11 is 0. The molecule has 0 atom stereocenters. The third-order valence-electron chi connectivity index (χ3n) is 3.21. The van der Waals surface area contributed by atoms with Crippen molar-refractivity contribution in [3.8, 4) is 0 Å². The number of hydrogen-bond donors (Lipinski definition) is 1. The van der Waals surface area contributed by atoms with Crippen molar-refractivity contribution in [2.75, 3.05) is 11.4 Å². The van der Waals surface area contributed by atoms with Gasteiger partial charge in [-0.05, 0) is 31.4 Å². The summed E-state index contributed by atoms with van der Waals surface area (Å²) in [5.41, 5.74) is 3.32. The van der Waals surface area contributed by atoms with E-state index >= 15 is 0 Å². The first kappa shape index (κ1) is 12.6. The lowest BCUT2D eigenvalue weighted by Crippen LogP contribution is -2.35. The van der Waals surface area contributed by atoms with Crippen molar-refractivity contribution < 1.29 is 14.7 Å². The minimum absolute atomic E-state index is 0.0721. The van der Waals surface area contributed by atoms with E-state index in [1.54, 1.807) is 4.90 Å². The number of hydrogen-bond acceptors (Lipinski definition) is 2. The number of aliphatic carboxylic acids is 1. The number of fused-ring (bicyclic) bond motifs is 1. The molecular weight excluding hydrogens is 230 g/mol. The minimum Gasteiger partial charge on any atom is -0.481 e. The zero-order valence-electron chi connectivity index (χ0n) is 10.5. The summed E-state index contributed by atoms with van der Waals surface area (Å²) < 4.78 is 0. The Bertz CT molecular complexity index is 482. The zero-order valence-corrected chi connectivity index (χ0v) is 10.5. The van der Waals surface area contributed by atoms with Crippen LogP contribution < -0.4 is 4.90 Å². The highest BCUT2D eigenvalue weighted by Gasteiger charge is 2.22. The maximum absolute atomic E-state index is 12.0. The highest BCUT2D eigenvalue weighted by atomic mass is 16.4. The number of carbonyl (C=O) groups is 2. The largest absolute Gasteiger partial charge is 0.481 e. The predicted molar refractivity (Wildman–Crippen MR) is 68.7 cm³/mol. The summed E-state index contributed by atoms with van der Waals surface area (Å²) in [6.45, 7) is 2.72. The Morgan fingerprint density at radius 3 is 2.83 bits per heavy atom. The average molecular weight is 247 g/mol. The van der Waals surface area contributed by atoms with Gasteiger partial charge >= 0.3 is 5.97 Å². The minimum atomic E-state index is -0.926. The standard InChI is InChI=1S/C14H17NO3/c1-10-4-5-12-11(9-10)3-2-8-15(12)13(16)6-7-14(17)18/h4-5,9H,2-3,6-8H2,1H3,(H,17,18). The molecule has 1 amide bonds. The van der Waals surface area contributed by atoms with E-state index in [1.165, 1.54) is 11.1 Å². The number of carboxylic acids is 1. The molecule has 1 aliphatic rings. The summed E-state index contributed by atoms with van der Waals surface area (Å²) in [6, 6.07) is 6.05. The molecule has 0 saturated carbocycles. The van der Waals surface area contributed by atoms with Gasteiger partial charge in [0, 0.05) is 18.7 Å². The van der Waals surface area contributed by atoms with Crippen LogP contribution in [0.2, 0.25) is 0 Å². The first-order chi connectivity index (χ1) is 8.58. The van der Waals surface area contributed by atoms with Crippen molar-refractivity contribution in [1.29, 1.82) is 0 Å². The van der Waals surface area contributed by atoms with Crippen LogP contribution >= 0.6 is 0 Å². The summed E-state index contributed by atoms with van der Waals surface area (Å²) in [6.07, 6.45) is 1.90. The number of anilines is 1. The summed E-state index contributed by atoms with van der Waals surface area (Å²) in [4.78, 5) is 24.2. The van der Waals surface area contributed by atoms with Crippen molar-refractivity contribution in [3.05, 3.63) is 29.3 Å². The van der Waals surface area contributed by atoms with Crippen LogP contribution in [0.25, 0.3) is 0 Å². The molecule has 0 spiro atoms. The van der Waals surface area contributed by atoms with E-state index in [2.05, 4.69) is 6.07 Å². The van der Waals surface area contributed by atoms with E-state index in [1.807, 2.05) is 19.1 Å². The van der Waals surface area contributed by atoms with Gasteiger partial charge in [0.1, 0.15) is 0 Å². The molecule has 0 aromatic heterocycles. The molecule has 1 aliphatic heterocycles. The van der Waals surface area contributed by atoms with Gasteiger partial charge in [0.05, 0.1) is 6.42 Å². The van der Waals surface area contributed by atoms with Crippen LogP contribution in [0.5, 0.6) is 0 Å². The predicted octanol–water partition coefficient (Wildman–Crippen LogP) is 2.14. The Morgan fingerprint density at radius 1 is 1.33 bits per heavy atom. The topological polar surface area (TPSA) is 57.6 Å². The summed E-state index contributed by atoms with van der Waals surface area (Å²) in [5.74, 6) is -1.02. The second-order valence-corrected chi connectivity index (χ2v) is 4.67. The Labute approximate surface area is 106 Å². The molecule has 0 unspecified atom stereocenters. The second-order valence-electron chi connectivity index (χ2n) is 4.67. The van der Waals surface area contributed by atoms with Gasteiger partial charge in [-0.25, -0.2) is 0 Å². The quantitative estimate of drug-likeness (QED) is 0.890. The number of rotatable bonds is 3. The summed E-state index contributed by atoms with van der Waals surface area (Å²) in [7, 11) is 0. The second kappa shape index (κ2) is 5.21. The maximum atomic E-state index is 12.0. The molecular formula is C14H17NO3. The smallest absolute Gasteiger partial charge is 0.303 e. The van der Waals surface area contributed by atoms with Crippen LogP contribution in [0, 0.1) is 6.92 Å². The third-order valence-corrected chi connectivity index (χ3v) is 3.21. The molecule has 0 aliphatic carbocycles. The molecule has 0 fully saturated rings. The fourth-order valence-corrected chi connectivity index (χ4v) is 2.33. The molecule has 0 saturated heterocycles. The van der Waals surface area contributed by atoms with Crippen LogP contribution in [-0.2, 0) is 16.0 Å². The normalized spacial score (nSPS) is 14.2. The average Bonchev–Trinajstić information content (AvgIpc) is 2.34. The van der Waals surface area contributed by atoms with E-state index < -0.39 is 5.97 Å². The molecule has 1 heterocycles. The van der Waals surface area contributed by atoms with Crippen molar-refractivity contribution in [3.63, 3.8) is 0 Å². The Hall–Kier alpha value is -1.84. The molecule has 96 valence electrons. The lowest BCUT2D eigenvalue weighted by molar-refractivity contribution is -0.138. The van der Waals surface area contributed by atoms with Crippen molar-refractivity contribution >= 4 is 17.6 Å². The van der Waals surface area contributed by atoms with E-state index in [0.717, 1.165) is 18.5 Å². The van der Waals surface area contributed by atoms with Gasteiger partial charge in [0.2, 0.25) is 5.91 Å². The number of aryl methyl sites for hydroxylation is 2. The molecule has 4 nitrogen and oxygen atoms in total. The lowest BCUT2D eigenvalue weighted by atomic mass is 9.99. The van der Waals surface area contributed by atoms with Crippen LogP contribution in [0.15, 0.2) is 18.2 Å². The van der Waals surface area contributed by atoms with E-state index in [-0.39, 0.29) is 18.7 Å². The van der Waals surface area contributed by atoms with E-state index in [0.29, 0.717) is 6.54 Å². The van der Waals surface area contributed by atoms with E-state index in [9.17, 15) is 9.59 Å². The lowest BCUT2D eigenvalue weighted by Gasteiger charge is -2.29. The Morgan fingerprint density at radius 2 is 2.11 bits per heavy atom. The monoisotopic (exact) mass is 247 g/mol. The van der Waals surface area contributed by atoms with Gasteiger partial charge in [-0.15, -0.1) is 0 Å². The van der Waals surface area contributed by atoms with Gasteiger partial charge in [-0.1, -0.05) is 17.7 Å². The van der Waals surface area contributed by atoms with Crippen molar-refractivity contribution in [1.82, 2.24) is 0 Å². The molecule has 1 aromatic carbocycles. The molecule has 1 aromatic rings. The SMILES string of the molecule is Cc1ccc2c(c1)CCCN2C(=O)CCC(=O)O. The van der Waals surface area contributed by atoms with Crippen LogP contribution in [-0.4, -0.2) is 23.5 Å². The molecule has 2 rings (SSSR count). The van der Waals surface area contributed by atoms with E-state index in [4.69, 9.17) is 5.11 Å². The summed E-state index contributed by atoms with van der Waals surface area (Å²) in [5, 5.41) is 8.62. The number of nitrogens with zero attached hydrogens (tertiary/aromatic N) is 1. The van der Waals surface area contributed by atoms with Gasteiger partial charge < -0.3 is 10.0 Å². The highest BCUT2D eigenvalue weighted by molar-refractivity contribution is 5.95. The Kier molecular flexibility index (Phi) is 3.65. The zero-order chi connectivity index (χ0) is 13.1. The first-order valence-electron chi connectivity index (χ1n) is 6.19. The molecule has 1 N–H and O–H groups in total. The Balaban J connectivity index is 2.17. The molecule has 18 heavy (non-hydrogen) atoms. The maximum Gasteiger partial charge on any atom is 0.303 e. The number of amides is 1. The fraction of sp³-hybridized carbons (Fsp3) is 0.429. The number of benzene rings is 1. The third kappa shape index (κ3) is 2.70. The van der Waals surface area contributed by atoms with Crippen LogP contribution in [0.4, 0.5) is 5.69 Å². The van der Waals surface area contributed by atoms with Gasteiger partial charge in [0.15, 0.2) is 0 Å². The molecule has 4 heteroatoms. The fourth-order valence-electron chi connectivity index (χ4n) is 2.33. The van der Waals surface area contributed by atoms with Gasteiger partial charge in [-0.2, -0.15) is 0 Å². The molecule has 0 radical (unpaired) electrons. The van der Waals surface area contributed by atoms with Gasteiger partial charge in [0.25, 0.3) is 0 Å². The van der Waals surface area contributed by atoms with Crippen LogP contribution in [0.1, 0.15) is 30.4 Å². The first-order valence-corrected chi connectivity index (χ1v) is 6.19. The van der Waals surface area contributed by atoms with Crippen molar-refractivity contribution in [2.24, 2.45) is 0 Å².